The smallest absolute Gasteiger partial charge is 0.336 e. The average molecular weight is 214 g/mol. The van der Waals surface area contributed by atoms with Crippen molar-refractivity contribution in [3.63, 3.8) is 0 Å². The van der Waals surface area contributed by atoms with Crippen LogP contribution in [0.25, 0.3) is 0 Å². The van der Waals surface area contributed by atoms with Crippen LogP contribution in [0.1, 0.15) is 6.42 Å². The third-order valence-electron chi connectivity index (χ3n) is 2.07. The maximum atomic E-state index is 12.5. The number of amides is 1. The Labute approximate surface area is 77.8 Å². The summed E-state index contributed by atoms with van der Waals surface area (Å²) >= 11 is 0. The van der Waals surface area contributed by atoms with Gasteiger partial charge in [0, 0.05) is 19.1 Å². The number of nitrogens with two attached hydrogens (primary N) is 1. The van der Waals surface area contributed by atoms with Crippen LogP contribution < -0.4 is 5.73 Å². The number of halogens is 4. The van der Waals surface area contributed by atoms with Crippen molar-refractivity contribution in [3.05, 3.63) is 0 Å². The van der Waals surface area contributed by atoms with E-state index in [0.29, 0.717) is 11.3 Å². The number of hydrogen-bond donors (Lipinski definition) is 1. The van der Waals surface area contributed by atoms with Crippen LogP contribution in [0.2, 0.25) is 0 Å². The SMILES string of the molecule is N[C@H]1CCN(C(=O)C(F)(F)C(F)F)C1. The Balaban J connectivity index is 2.65. The summed E-state index contributed by atoms with van der Waals surface area (Å²) in [6.45, 7) is -0.0660. The molecule has 2 N–H and O–H groups in total. The summed E-state index contributed by atoms with van der Waals surface area (Å²) in [5, 5.41) is 0. The molecule has 7 heteroatoms. The fraction of sp³-hybridized carbons (Fsp3) is 0.857. The minimum atomic E-state index is -4.59. The number of alkyl halides is 4. The van der Waals surface area contributed by atoms with Gasteiger partial charge in [-0.05, 0) is 6.42 Å². The lowest BCUT2D eigenvalue weighted by molar-refractivity contribution is -0.179. The summed E-state index contributed by atoms with van der Waals surface area (Å²) in [5.41, 5.74) is 5.36. The van der Waals surface area contributed by atoms with E-state index in [-0.39, 0.29) is 13.1 Å². The Morgan fingerprint density at radius 1 is 1.50 bits per heavy atom. The van der Waals surface area contributed by atoms with Gasteiger partial charge in [-0.15, -0.1) is 0 Å². The third kappa shape index (κ3) is 1.97. The Hall–Kier alpha value is -0.850. The van der Waals surface area contributed by atoms with Crippen molar-refractivity contribution >= 4 is 5.91 Å². The molecule has 1 aliphatic rings. The van der Waals surface area contributed by atoms with Crippen molar-refractivity contribution in [3.8, 4) is 0 Å². The number of likely N-dealkylation sites (tertiary alicyclic amines) is 1. The average Bonchev–Trinajstić information content (AvgIpc) is 2.50. The first-order chi connectivity index (χ1) is 6.35. The van der Waals surface area contributed by atoms with Crippen LogP contribution in [0, 0.1) is 0 Å². The molecule has 1 saturated heterocycles. The van der Waals surface area contributed by atoms with Gasteiger partial charge in [-0.1, -0.05) is 0 Å². The number of rotatable bonds is 2. The van der Waals surface area contributed by atoms with Crippen molar-refractivity contribution in [1.29, 1.82) is 0 Å². The quantitative estimate of drug-likeness (QED) is 0.678. The lowest BCUT2D eigenvalue weighted by Gasteiger charge is -2.21. The van der Waals surface area contributed by atoms with Crippen LogP contribution in [-0.2, 0) is 4.79 Å². The van der Waals surface area contributed by atoms with Gasteiger partial charge in [0.05, 0.1) is 0 Å². The molecule has 0 aliphatic carbocycles. The van der Waals surface area contributed by atoms with Crippen LogP contribution in [0.5, 0.6) is 0 Å². The second-order valence-electron chi connectivity index (χ2n) is 3.22. The van der Waals surface area contributed by atoms with Gasteiger partial charge in [-0.25, -0.2) is 8.78 Å². The lowest BCUT2D eigenvalue weighted by atomic mass is 10.3. The van der Waals surface area contributed by atoms with Gasteiger partial charge in [0.2, 0.25) is 0 Å². The van der Waals surface area contributed by atoms with Crippen molar-refractivity contribution in [1.82, 2.24) is 4.90 Å². The number of nitrogens with zero attached hydrogens (tertiary/aromatic N) is 1. The normalized spacial score (nSPS) is 23.3. The number of hydrogen-bond acceptors (Lipinski definition) is 2. The van der Waals surface area contributed by atoms with Gasteiger partial charge in [0.25, 0.3) is 5.91 Å². The fourth-order valence-electron chi connectivity index (χ4n) is 1.28. The van der Waals surface area contributed by atoms with Crippen LogP contribution in [0.3, 0.4) is 0 Å². The summed E-state index contributed by atoms with van der Waals surface area (Å²) < 4.78 is 48.6. The molecular formula is C7H10F4N2O. The van der Waals surface area contributed by atoms with E-state index >= 15 is 0 Å². The molecule has 0 aromatic carbocycles. The molecule has 0 aromatic rings. The van der Waals surface area contributed by atoms with E-state index in [2.05, 4.69) is 0 Å². The molecule has 1 fully saturated rings. The maximum Gasteiger partial charge on any atom is 0.383 e. The molecule has 0 spiro atoms. The number of carbonyl (C=O) groups excluding carboxylic acids is 1. The fourth-order valence-corrected chi connectivity index (χ4v) is 1.28. The highest BCUT2D eigenvalue weighted by molar-refractivity contribution is 5.84. The monoisotopic (exact) mass is 214 g/mol. The van der Waals surface area contributed by atoms with Gasteiger partial charge in [-0.3, -0.25) is 4.79 Å². The standard InChI is InChI=1S/C7H10F4N2O/c8-5(9)7(10,11)6(14)13-2-1-4(12)3-13/h4-5H,1-3,12H2/t4-/m0/s1. The molecule has 3 nitrogen and oxygen atoms in total. The molecule has 1 atom stereocenters. The highest BCUT2D eigenvalue weighted by Crippen LogP contribution is 2.26. The van der Waals surface area contributed by atoms with Crippen molar-refractivity contribution in [2.24, 2.45) is 5.73 Å². The van der Waals surface area contributed by atoms with Crippen LogP contribution in [-0.4, -0.2) is 42.3 Å². The van der Waals surface area contributed by atoms with Crippen LogP contribution >= 0.6 is 0 Å². The molecule has 14 heavy (non-hydrogen) atoms. The lowest BCUT2D eigenvalue weighted by Crippen LogP contribution is -2.47. The highest BCUT2D eigenvalue weighted by atomic mass is 19.3. The molecule has 82 valence electrons. The molecule has 0 saturated carbocycles. The van der Waals surface area contributed by atoms with E-state index in [9.17, 15) is 22.4 Å². The van der Waals surface area contributed by atoms with E-state index < -0.39 is 24.3 Å². The first-order valence-corrected chi connectivity index (χ1v) is 4.06. The van der Waals surface area contributed by atoms with E-state index in [0.717, 1.165) is 0 Å². The highest BCUT2D eigenvalue weighted by Gasteiger charge is 2.51. The largest absolute Gasteiger partial charge is 0.383 e. The van der Waals surface area contributed by atoms with E-state index in [1.165, 1.54) is 0 Å². The topological polar surface area (TPSA) is 46.3 Å². The minimum Gasteiger partial charge on any atom is -0.336 e. The minimum absolute atomic E-state index is 0.0162. The van der Waals surface area contributed by atoms with E-state index in [4.69, 9.17) is 5.73 Å². The summed E-state index contributed by atoms with van der Waals surface area (Å²) in [6, 6.07) is -0.396. The van der Waals surface area contributed by atoms with Crippen molar-refractivity contribution in [2.75, 3.05) is 13.1 Å². The van der Waals surface area contributed by atoms with Gasteiger partial charge in [-0.2, -0.15) is 8.78 Å². The van der Waals surface area contributed by atoms with Crippen molar-refractivity contribution < 1.29 is 22.4 Å². The second-order valence-corrected chi connectivity index (χ2v) is 3.22. The Kier molecular flexibility index (Phi) is 2.98. The molecule has 1 rings (SSSR count). The molecule has 0 aromatic heterocycles. The predicted octanol–water partition coefficient (Wildman–Crippen LogP) is 0.446. The van der Waals surface area contributed by atoms with Crippen molar-refractivity contribution in [2.45, 2.75) is 24.8 Å². The van der Waals surface area contributed by atoms with E-state index in [1.807, 2.05) is 0 Å². The van der Waals surface area contributed by atoms with E-state index in [1.54, 1.807) is 0 Å². The van der Waals surface area contributed by atoms with Gasteiger partial charge < -0.3 is 10.6 Å². The summed E-state index contributed by atoms with van der Waals surface area (Å²) in [5.74, 6) is -6.43. The first-order valence-electron chi connectivity index (χ1n) is 4.06. The zero-order valence-electron chi connectivity index (χ0n) is 7.22. The van der Waals surface area contributed by atoms with Gasteiger partial charge >= 0.3 is 12.3 Å². The first kappa shape index (κ1) is 11.2. The van der Waals surface area contributed by atoms with Crippen LogP contribution in [0.4, 0.5) is 17.6 Å². The maximum absolute atomic E-state index is 12.5. The van der Waals surface area contributed by atoms with Crippen LogP contribution in [0.15, 0.2) is 0 Å². The molecule has 1 heterocycles. The summed E-state index contributed by atoms with van der Waals surface area (Å²) in [6.07, 6.45) is -3.60. The Bertz CT molecular complexity index is 234. The summed E-state index contributed by atoms with van der Waals surface area (Å²) in [7, 11) is 0. The number of carbonyl (C=O) groups is 1. The third-order valence-corrected chi connectivity index (χ3v) is 2.07. The molecule has 1 aliphatic heterocycles. The molecular weight excluding hydrogens is 204 g/mol. The predicted molar refractivity (Wildman–Crippen MR) is 40.1 cm³/mol. The summed E-state index contributed by atoms with van der Waals surface area (Å²) in [4.78, 5) is 11.6. The zero-order valence-corrected chi connectivity index (χ0v) is 7.22. The molecule has 0 unspecified atom stereocenters. The molecule has 0 radical (unpaired) electrons. The van der Waals surface area contributed by atoms with Gasteiger partial charge in [0.1, 0.15) is 0 Å². The molecule has 0 bridgehead atoms. The Morgan fingerprint density at radius 2 is 2.07 bits per heavy atom. The van der Waals surface area contributed by atoms with Gasteiger partial charge in [0.15, 0.2) is 0 Å². The molecule has 1 amide bonds. The second kappa shape index (κ2) is 3.72. The zero-order chi connectivity index (χ0) is 10.9. The Morgan fingerprint density at radius 3 is 2.43 bits per heavy atom.